The smallest absolute Gasteiger partial charge is 0.0844 e. The second-order valence-corrected chi connectivity index (χ2v) is 4.46. The van der Waals surface area contributed by atoms with E-state index in [0.717, 1.165) is 6.54 Å². The van der Waals surface area contributed by atoms with Crippen LogP contribution in [-0.4, -0.2) is 31.9 Å². The average Bonchev–Trinajstić information content (AvgIpc) is 2.20. The number of hydrogen-bond acceptors (Lipinski definition) is 1. The van der Waals surface area contributed by atoms with Gasteiger partial charge in [0.15, 0.2) is 0 Å². The van der Waals surface area contributed by atoms with E-state index < -0.39 is 0 Å². The summed E-state index contributed by atoms with van der Waals surface area (Å²) in [4.78, 5) is 6.31. The van der Waals surface area contributed by atoms with Crippen molar-refractivity contribution in [3.63, 3.8) is 0 Å². The van der Waals surface area contributed by atoms with Gasteiger partial charge in [0, 0.05) is 20.6 Å². The predicted molar refractivity (Wildman–Crippen MR) is 69.7 cm³/mol. The Balaban J connectivity index is 2.99. The molecule has 0 N–H and O–H groups in total. The van der Waals surface area contributed by atoms with Gasteiger partial charge in [-0.15, -0.1) is 0 Å². The van der Waals surface area contributed by atoms with Crippen LogP contribution in [0, 0.1) is 0 Å². The summed E-state index contributed by atoms with van der Waals surface area (Å²) in [5, 5.41) is 0. The summed E-state index contributed by atoms with van der Waals surface area (Å²) in [5.41, 5.74) is 0. The largest absolute Gasteiger partial charge is 0.369 e. The maximum atomic E-state index is 4.32. The van der Waals surface area contributed by atoms with Crippen LogP contribution in [0.5, 0.6) is 0 Å². The molecule has 0 bridgehead atoms. The Hall–Kier alpha value is -0.530. The van der Waals surface area contributed by atoms with Crippen LogP contribution < -0.4 is 0 Å². The quantitative estimate of drug-likeness (QED) is 0.306. The normalized spacial score (nSPS) is 11.1. The molecule has 0 aromatic carbocycles. The lowest BCUT2D eigenvalue weighted by Gasteiger charge is -2.02. The Morgan fingerprint density at radius 2 is 1.40 bits per heavy atom. The molecule has 0 saturated carbocycles. The van der Waals surface area contributed by atoms with E-state index in [9.17, 15) is 0 Å². The summed E-state index contributed by atoms with van der Waals surface area (Å²) in [6.45, 7) is 3.26. The molecular weight excluding hydrogens is 184 g/mol. The van der Waals surface area contributed by atoms with Crippen LogP contribution in [-0.2, 0) is 0 Å². The Labute approximate surface area is 95.8 Å². The predicted octanol–water partition coefficient (Wildman–Crippen LogP) is 3.72. The Kier molecular flexibility index (Phi) is 11.1. The molecule has 0 unspecified atom stereocenters. The van der Waals surface area contributed by atoms with Gasteiger partial charge in [-0.3, -0.25) is 4.99 Å². The van der Waals surface area contributed by atoms with Crippen LogP contribution in [0.1, 0.15) is 58.3 Å². The van der Waals surface area contributed by atoms with Gasteiger partial charge in [-0.1, -0.05) is 51.9 Å². The van der Waals surface area contributed by atoms with Gasteiger partial charge in [-0.2, -0.15) is 0 Å². The van der Waals surface area contributed by atoms with Crippen molar-refractivity contribution in [2.24, 2.45) is 4.99 Å². The number of rotatable bonds is 10. The standard InChI is InChI=1S/C13H28N2/c1-4-5-6-7-8-9-10-11-12-14-13-15(2)3/h13H,4-12H2,1-3H3. The van der Waals surface area contributed by atoms with Gasteiger partial charge in [-0.05, 0) is 6.42 Å². The lowest BCUT2D eigenvalue weighted by molar-refractivity contribution is 0.576. The van der Waals surface area contributed by atoms with Crippen molar-refractivity contribution in [3.05, 3.63) is 0 Å². The van der Waals surface area contributed by atoms with E-state index in [-0.39, 0.29) is 0 Å². The highest BCUT2D eigenvalue weighted by Crippen LogP contribution is 2.08. The zero-order valence-corrected chi connectivity index (χ0v) is 10.8. The molecule has 0 rings (SSSR count). The van der Waals surface area contributed by atoms with Crippen LogP contribution in [0.15, 0.2) is 4.99 Å². The fraction of sp³-hybridized carbons (Fsp3) is 0.923. The molecule has 0 heterocycles. The summed E-state index contributed by atoms with van der Waals surface area (Å²) >= 11 is 0. The van der Waals surface area contributed by atoms with Gasteiger partial charge < -0.3 is 4.90 Å². The monoisotopic (exact) mass is 212 g/mol. The maximum Gasteiger partial charge on any atom is 0.0844 e. The van der Waals surface area contributed by atoms with E-state index in [0.29, 0.717) is 0 Å². The first-order valence-corrected chi connectivity index (χ1v) is 6.43. The van der Waals surface area contributed by atoms with E-state index in [4.69, 9.17) is 0 Å². The summed E-state index contributed by atoms with van der Waals surface area (Å²) in [6.07, 6.45) is 12.9. The van der Waals surface area contributed by atoms with E-state index in [1.807, 2.05) is 25.3 Å². The van der Waals surface area contributed by atoms with Crippen molar-refractivity contribution in [2.45, 2.75) is 58.3 Å². The van der Waals surface area contributed by atoms with Gasteiger partial charge in [0.2, 0.25) is 0 Å². The van der Waals surface area contributed by atoms with Gasteiger partial charge in [0.1, 0.15) is 0 Å². The molecule has 0 atom stereocenters. The zero-order valence-electron chi connectivity index (χ0n) is 10.8. The van der Waals surface area contributed by atoms with Crippen LogP contribution in [0.2, 0.25) is 0 Å². The molecule has 0 aliphatic heterocycles. The minimum Gasteiger partial charge on any atom is -0.369 e. The van der Waals surface area contributed by atoms with Gasteiger partial charge in [0.25, 0.3) is 0 Å². The third kappa shape index (κ3) is 13.5. The highest BCUT2D eigenvalue weighted by atomic mass is 15.1. The van der Waals surface area contributed by atoms with Gasteiger partial charge in [-0.25, -0.2) is 0 Å². The van der Waals surface area contributed by atoms with Crippen molar-refractivity contribution in [1.29, 1.82) is 0 Å². The molecule has 0 fully saturated rings. The molecule has 0 aliphatic rings. The highest BCUT2D eigenvalue weighted by Gasteiger charge is 1.90. The van der Waals surface area contributed by atoms with Gasteiger partial charge in [0.05, 0.1) is 6.34 Å². The van der Waals surface area contributed by atoms with Crippen LogP contribution in [0.25, 0.3) is 0 Å². The number of aliphatic imine (C=N–C) groups is 1. The molecule has 0 saturated heterocycles. The molecule has 15 heavy (non-hydrogen) atoms. The van der Waals surface area contributed by atoms with Crippen LogP contribution in [0.4, 0.5) is 0 Å². The molecule has 0 aromatic rings. The zero-order chi connectivity index (χ0) is 11.4. The van der Waals surface area contributed by atoms with E-state index in [2.05, 4.69) is 11.9 Å². The first-order chi connectivity index (χ1) is 7.27. The summed E-state index contributed by atoms with van der Waals surface area (Å²) < 4.78 is 0. The molecule has 90 valence electrons. The van der Waals surface area contributed by atoms with E-state index in [1.54, 1.807) is 0 Å². The van der Waals surface area contributed by atoms with E-state index >= 15 is 0 Å². The highest BCUT2D eigenvalue weighted by molar-refractivity contribution is 5.53. The summed E-state index contributed by atoms with van der Waals surface area (Å²) in [5.74, 6) is 0. The van der Waals surface area contributed by atoms with Crippen LogP contribution >= 0.6 is 0 Å². The molecule has 0 amide bonds. The average molecular weight is 212 g/mol. The molecular formula is C13H28N2. The minimum absolute atomic E-state index is 0.993. The number of unbranched alkanes of at least 4 members (excludes halogenated alkanes) is 7. The van der Waals surface area contributed by atoms with Crippen molar-refractivity contribution in [1.82, 2.24) is 4.90 Å². The minimum atomic E-state index is 0.993. The molecule has 2 heteroatoms. The first-order valence-electron chi connectivity index (χ1n) is 6.43. The molecule has 0 aliphatic carbocycles. The number of hydrogen-bond donors (Lipinski definition) is 0. The SMILES string of the molecule is CCCCCCCCCCN=CN(C)C. The fourth-order valence-corrected chi connectivity index (χ4v) is 1.56. The lowest BCUT2D eigenvalue weighted by atomic mass is 10.1. The Morgan fingerprint density at radius 1 is 0.867 bits per heavy atom. The summed E-state index contributed by atoms with van der Waals surface area (Å²) in [6, 6.07) is 0. The van der Waals surface area contributed by atoms with Crippen molar-refractivity contribution in [3.8, 4) is 0 Å². The lowest BCUT2D eigenvalue weighted by Crippen LogP contribution is -2.07. The molecule has 2 nitrogen and oxygen atoms in total. The molecule has 0 aromatic heterocycles. The second-order valence-electron chi connectivity index (χ2n) is 4.46. The third-order valence-electron chi connectivity index (χ3n) is 2.45. The summed E-state index contributed by atoms with van der Waals surface area (Å²) in [7, 11) is 4.02. The first kappa shape index (κ1) is 14.5. The van der Waals surface area contributed by atoms with Gasteiger partial charge >= 0.3 is 0 Å². The number of nitrogens with zero attached hydrogens (tertiary/aromatic N) is 2. The van der Waals surface area contributed by atoms with Crippen molar-refractivity contribution in [2.75, 3.05) is 20.6 Å². The maximum absolute atomic E-state index is 4.32. The van der Waals surface area contributed by atoms with Crippen molar-refractivity contribution >= 4 is 6.34 Å². The molecule has 0 spiro atoms. The third-order valence-corrected chi connectivity index (χ3v) is 2.45. The van der Waals surface area contributed by atoms with Crippen LogP contribution in [0.3, 0.4) is 0 Å². The van der Waals surface area contributed by atoms with Crippen molar-refractivity contribution < 1.29 is 0 Å². The molecule has 0 radical (unpaired) electrons. The fourth-order valence-electron chi connectivity index (χ4n) is 1.56. The topological polar surface area (TPSA) is 15.6 Å². The second kappa shape index (κ2) is 11.5. The van der Waals surface area contributed by atoms with E-state index in [1.165, 1.54) is 51.4 Å². The Bertz CT molecular complexity index is 141. The Morgan fingerprint density at radius 3 is 1.93 bits per heavy atom.